The highest BCUT2D eigenvalue weighted by atomic mass is 16.3. The lowest BCUT2D eigenvalue weighted by Gasteiger charge is -2.26. The van der Waals surface area contributed by atoms with Crippen LogP contribution in [0.4, 0.5) is 0 Å². The maximum atomic E-state index is 6.99. The van der Waals surface area contributed by atoms with Crippen LogP contribution in [-0.4, -0.2) is 16.2 Å². The van der Waals surface area contributed by atoms with Gasteiger partial charge in [0, 0.05) is 48.8 Å². The lowest BCUT2D eigenvalue weighted by Crippen LogP contribution is -2.34. The van der Waals surface area contributed by atoms with Crippen LogP contribution < -0.4 is 5.32 Å². The van der Waals surface area contributed by atoms with Crippen molar-refractivity contribution in [2.24, 2.45) is 9.98 Å². The third kappa shape index (κ3) is 5.38. The highest BCUT2D eigenvalue weighted by molar-refractivity contribution is 6.23. The fourth-order valence-corrected chi connectivity index (χ4v) is 10.8. The van der Waals surface area contributed by atoms with Gasteiger partial charge in [-0.3, -0.25) is 0 Å². The minimum Gasteiger partial charge on any atom is -0.455 e. The van der Waals surface area contributed by atoms with Crippen LogP contribution in [0.25, 0.3) is 114 Å². The Balaban J connectivity index is 1.07. The summed E-state index contributed by atoms with van der Waals surface area (Å²) in [6, 6.07) is 73.4. The fraction of sp³-hybridized carbons (Fsp3) is 0.0164. The van der Waals surface area contributed by atoms with Gasteiger partial charge >= 0.3 is 0 Å². The van der Waals surface area contributed by atoms with Gasteiger partial charge in [0.25, 0.3) is 0 Å². The number of amidine groups is 2. The summed E-state index contributed by atoms with van der Waals surface area (Å²) in [5.41, 5.74) is 9.15. The molecule has 15 rings (SSSR count). The van der Waals surface area contributed by atoms with Gasteiger partial charge in [-0.15, -0.1) is 0 Å². The molecule has 14 aromatic rings. The van der Waals surface area contributed by atoms with Crippen molar-refractivity contribution < 1.29 is 8.83 Å². The summed E-state index contributed by atoms with van der Waals surface area (Å²) < 4.78 is 16.1. The van der Waals surface area contributed by atoms with E-state index in [1.54, 1.807) is 0 Å². The molecule has 0 saturated carbocycles. The Morgan fingerprint density at radius 1 is 0.388 bits per heavy atom. The molecule has 0 spiro atoms. The molecule has 0 amide bonds. The first-order valence-corrected chi connectivity index (χ1v) is 22.7. The number of hydrogen-bond donors (Lipinski definition) is 1. The first kappa shape index (κ1) is 36.4. The number of aromatic nitrogens is 1. The van der Waals surface area contributed by atoms with Crippen molar-refractivity contribution in [2.75, 3.05) is 0 Å². The van der Waals surface area contributed by atoms with Crippen molar-refractivity contribution in [3.05, 3.63) is 223 Å². The average Bonchev–Trinajstić information content (AvgIpc) is 4.05. The Bertz CT molecular complexity index is 4410. The number of para-hydroxylation sites is 2. The van der Waals surface area contributed by atoms with Gasteiger partial charge in [-0.25, -0.2) is 9.98 Å². The topological polar surface area (TPSA) is 68.0 Å². The lowest BCUT2D eigenvalue weighted by molar-refractivity contribution is 0.663. The quantitative estimate of drug-likeness (QED) is 0.192. The number of nitrogens with zero attached hydrogens (tertiary/aromatic N) is 3. The molecule has 6 heteroatoms. The largest absolute Gasteiger partial charge is 0.455 e. The monoisotopic (exact) mass is 856 g/mol. The lowest BCUT2D eigenvalue weighted by atomic mass is 10.0. The zero-order valence-electron chi connectivity index (χ0n) is 35.9. The Morgan fingerprint density at radius 2 is 0.955 bits per heavy atom. The number of hydrogen-bond acceptors (Lipinski definition) is 5. The van der Waals surface area contributed by atoms with Gasteiger partial charge in [-0.2, -0.15) is 0 Å². The minimum absolute atomic E-state index is 0.498. The van der Waals surface area contributed by atoms with E-state index >= 15 is 0 Å². The van der Waals surface area contributed by atoms with Crippen LogP contribution >= 0.6 is 0 Å². The normalized spacial score (nSPS) is 14.4. The van der Waals surface area contributed by atoms with Gasteiger partial charge in [0.15, 0.2) is 5.84 Å². The van der Waals surface area contributed by atoms with Crippen LogP contribution in [0.3, 0.4) is 0 Å². The van der Waals surface area contributed by atoms with E-state index in [0.29, 0.717) is 11.7 Å². The van der Waals surface area contributed by atoms with Crippen molar-refractivity contribution >= 4 is 120 Å². The highest BCUT2D eigenvalue weighted by Gasteiger charge is 2.29. The maximum absolute atomic E-state index is 6.99. The molecule has 1 aliphatic heterocycles. The molecular weight excluding hydrogens is 821 g/mol. The van der Waals surface area contributed by atoms with E-state index in [4.69, 9.17) is 18.8 Å². The van der Waals surface area contributed by atoms with Crippen molar-refractivity contribution in [3.8, 4) is 5.69 Å². The van der Waals surface area contributed by atoms with E-state index in [9.17, 15) is 0 Å². The van der Waals surface area contributed by atoms with Gasteiger partial charge in [0.1, 0.15) is 34.3 Å². The molecule has 312 valence electrons. The van der Waals surface area contributed by atoms with E-state index in [2.05, 4.69) is 204 Å². The van der Waals surface area contributed by atoms with E-state index in [1.807, 2.05) is 12.1 Å². The number of fused-ring (bicyclic) bond motifs is 14. The third-order valence-electron chi connectivity index (χ3n) is 14.0. The molecule has 0 saturated heterocycles. The molecule has 1 N–H and O–H groups in total. The molecule has 6 nitrogen and oxygen atoms in total. The summed E-state index contributed by atoms with van der Waals surface area (Å²) >= 11 is 0. The van der Waals surface area contributed by atoms with Crippen LogP contribution in [0, 0.1) is 0 Å². The van der Waals surface area contributed by atoms with Gasteiger partial charge in [-0.1, -0.05) is 152 Å². The van der Waals surface area contributed by atoms with Gasteiger partial charge < -0.3 is 18.7 Å². The molecule has 0 radical (unpaired) electrons. The Labute approximate surface area is 382 Å². The standard InChI is InChI=1S/C61H36N4O2/c1-3-17-39-31-52-48(29-37(39)15-1)49-30-38-16-2-4-18-40(38)32-53(49)65(52)54-33-50-45-28-27-36-14-6-8-21-42(36)57(45)67-56(50)34-51(54)61-63-59(46-24-11-19-35-13-5-7-20-41(35)46)62-60(64-61)47-25-12-23-44-43-22-9-10-26-55(43)66-58(44)47/h1-34,59H,(H,62,63,64). The van der Waals surface area contributed by atoms with Gasteiger partial charge in [0.05, 0.1) is 22.3 Å². The smallest absolute Gasteiger partial charge is 0.163 e. The number of aliphatic imine (C=N–C) groups is 2. The third-order valence-corrected chi connectivity index (χ3v) is 14.0. The van der Waals surface area contributed by atoms with Crippen molar-refractivity contribution in [3.63, 3.8) is 0 Å². The second-order valence-electron chi connectivity index (χ2n) is 17.7. The number of furan rings is 2. The van der Waals surface area contributed by atoms with Crippen molar-refractivity contribution in [1.82, 2.24) is 9.88 Å². The molecule has 67 heavy (non-hydrogen) atoms. The summed E-state index contributed by atoms with van der Waals surface area (Å²) in [5.74, 6) is 1.26. The molecule has 1 unspecified atom stereocenters. The first-order valence-electron chi connectivity index (χ1n) is 22.7. The van der Waals surface area contributed by atoms with Crippen LogP contribution in [0.1, 0.15) is 22.9 Å². The van der Waals surface area contributed by atoms with Gasteiger partial charge in [-0.05, 0) is 92.3 Å². The van der Waals surface area contributed by atoms with Crippen molar-refractivity contribution in [2.45, 2.75) is 6.17 Å². The van der Waals surface area contributed by atoms with Gasteiger partial charge in [0.2, 0.25) is 0 Å². The minimum atomic E-state index is -0.498. The molecule has 1 aliphatic rings. The molecule has 0 bridgehead atoms. The summed E-state index contributed by atoms with van der Waals surface area (Å²) in [7, 11) is 0. The van der Waals surface area contributed by atoms with E-state index in [0.717, 1.165) is 98.8 Å². The maximum Gasteiger partial charge on any atom is 0.163 e. The molecule has 0 aliphatic carbocycles. The van der Waals surface area contributed by atoms with E-state index in [-0.39, 0.29) is 0 Å². The van der Waals surface area contributed by atoms with E-state index < -0.39 is 6.17 Å². The summed E-state index contributed by atoms with van der Waals surface area (Å²) in [6.07, 6.45) is -0.498. The summed E-state index contributed by atoms with van der Waals surface area (Å²) in [4.78, 5) is 11.1. The second kappa shape index (κ2) is 13.8. The van der Waals surface area contributed by atoms with Crippen LogP contribution in [-0.2, 0) is 0 Å². The van der Waals surface area contributed by atoms with Crippen LogP contribution in [0.15, 0.2) is 225 Å². The van der Waals surface area contributed by atoms with Crippen LogP contribution in [0.5, 0.6) is 0 Å². The molecule has 4 heterocycles. The Hall–Kier alpha value is -9.00. The molecular formula is C61H36N4O2. The summed E-state index contributed by atoms with van der Waals surface area (Å²) in [6.45, 7) is 0. The molecule has 0 fully saturated rings. The Morgan fingerprint density at radius 3 is 1.70 bits per heavy atom. The molecule has 11 aromatic carbocycles. The number of rotatable bonds is 4. The number of benzene rings is 11. The summed E-state index contributed by atoms with van der Waals surface area (Å²) in [5, 5.41) is 19.6. The molecule has 3 aromatic heterocycles. The second-order valence-corrected chi connectivity index (χ2v) is 17.7. The highest BCUT2D eigenvalue weighted by Crippen LogP contribution is 2.43. The number of nitrogens with one attached hydrogen (secondary N) is 1. The fourth-order valence-electron chi connectivity index (χ4n) is 10.8. The zero-order valence-corrected chi connectivity index (χ0v) is 35.9. The predicted molar refractivity (Wildman–Crippen MR) is 277 cm³/mol. The van der Waals surface area contributed by atoms with E-state index in [1.165, 1.54) is 32.3 Å². The molecule has 1 atom stereocenters. The average molecular weight is 857 g/mol. The predicted octanol–water partition coefficient (Wildman–Crippen LogP) is 15.7. The van der Waals surface area contributed by atoms with Crippen molar-refractivity contribution in [1.29, 1.82) is 0 Å². The SMILES string of the molecule is c1ccc2cc3c(cc2c1)c1cc2ccccc2cc1n3-c1cc2c(cc1C1=NC(c3cccc4c3oc3ccccc34)=NC(c3cccc4ccccc34)N1)oc1c3ccccc3ccc21. The first-order chi connectivity index (χ1) is 33.2. The zero-order chi connectivity index (χ0) is 43.7. The Kier molecular flexibility index (Phi) is 7.46. The van der Waals surface area contributed by atoms with Crippen LogP contribution in [0.2, 0.25) is 0 Å².